The van der Waals surface area contributed by atoms with Gasteiger partial charge in [0.2, 0.25) is 5.91 Å². The summed E-state index contributed by atoms with van der Waals surface area (Å²) in [5.41, 5.74) is 2.38. The van der Waals surface area contributed by atoms with E-state index in [2.05, 4.69) is 17.4 Å². The van der Waals surface area contributed by atoms with E-state index >= 15 is 0 Å². The zero-order chi connectivity index (χ0) is 14.2. The van der Waals surface area contributed by atoms with Gasteiger partial charge in [0.25, 0.3) is 0 Å². The van der Waals surface area contributed by atoms with Crippen LogP contribution in [-0.2, 0) is 10.5 Å². The minimum absolute atomic E-state index is 0.0565. The second-order valence-electron chi connectivity index (χ2n) is 4.68. The third-order valence-electron chi connectivity index (χ3n) is 3.02. The van der Waals surface area contributed by atoms with Crippen molar-refractivity contribution in [2.75, 3.05) is 5.75 Å². The molecule has 0 saturated heterocycles. The average Bonchev–Trinajstić information content (AvgIpc) is 2.49. The minimum atomic E-state index is 0.0565. The van der Waals surface area contributed by atoms with Crippen molar-refractivity contribution in [3.63, 3.8) is 0 Å². The van der Waals surface area contributed by atoms with Crippen LogP contribution in [0.2, 0.25) is 0 Å². The molecule has 2 nitrogen and oxygen atoms in total. The van der Waals surface area contributed by atoms with Crippen LogP contribution >= 0.6 is 11.8 Å². The molecule has 3 heteroatoms. The third kappa shape index (κ3) is 4.74. The van der Waals surface area contributed by atoms with Crippen molar-refractivity contribution in [1.29, 1.82) is 0 Å². The Kier molecular flexibility index (Phi) is 5.69. The maximum Gasteiger partial charge on any atom is 0.230 e. The molecule has 2 rings (SSSR count). The minimum Gasteiger partial charge on any atom is -0.349 e. The highest BCUT2D eigenvalue weighted by Gasteiger charge is 2.08. The summed E-state index contributed by atoms with van der Waals surface area (Å²) in [7, 11) is 0. The van der Waals surface area contributed by atoms with Crippen LogP contribution in [0.1, 0.15) is 24.1 Å². The summed E-state index contributed by atoms with van der Waals surface area (Å²) >= 11 is 1.64. The molecule has 0 fully saturated rings. The lowest BCUT2D eigenvalue weighted by atomic mass is 10.1. The van der Waals surface area contributed by atoms with Gasteiger partial charge in [-0.05, 0) is 18.1 Å². The molecule has 0 aromatic heterocycles. The lowest BCUT2D eigenvalue weighted by molar-refractivity contribution is -0.119. The van der Waals surface area contributed by atoms with Crippen LogP contribution in [0, 0.1) is 0 Å². The van der Waals surface area contributed by atoms with Crippen LogP contribution in [0.4, 0.5) is 0 Å². The lowest BCUT2D eigenvalue weighted by Crippen LogP contribution is -2.28. The summed E-state index contributed by atoms with van der Waals surface area (Å²) in [6.07, 6.45) is 0. The highest BCUT2D eigenvalue weighted by Crippen LogP contribution is 2.14. The Balaban J connectivity index is 1.73. The van der Waals surface area contributed by atoms with Gasteiger partial charge in [-0.15, -0.1) is 11.8 Å². The second kappa shape index (κ2) is 7.75. The molecule has 0 aliphatic carbocycles. The largest absolute Gasteiger partial charge is 0.349 e. The maximum absolute atomic E-state index is 11.9. The summed E-state index contributed by atoms with van der Waals surface area (Å²) in [5, 5.41) is 3.02. The molecule has 0 radical (unpaired) electrons. The first-order valence-electron chi connectivity index (χ1n) is 6.71. The molecule has 104 valence electrons. The quantitative estimate of drug-likeness (QED) is 0.874. The Morgan fingerprint density at radius 1 is 1.05 bits per heavy atom. The summed E-state index contributed by atoms with van der Waals surface area (Å²) in [6.45, 7) is 2.01. The predicted octanol–water partition coefficient (Wildman–Crippen LogP) is 3.80. The molecule has 0 spiro atoms. The van der Waals surface area contributed by atoms with Gasteiger partial charge in [0.05, 0.1) is 11.8 Å². The fraction of sp³-hybridized carbons (Fsp3) is 0.235. The van der Waals surface area contributed by atoms with Gasteiger partial charge >= 0.3 is 0 Å². The fourth-order valence-electron chi connectivity index (χ4n) is 1.94. The number of hydrogen-bond donors (Lipinski definition) is 1. The zero-order valence-corrected chi connectivity index (χ0v) is 12.4. The Morgan fingerprint density at radius 3 is 2.30 bits per heavy atom. The third-order valence-corrected chi connectivity index (χ3v) is 4.03. The van der Waals surface area contributed by atoms with Crippen molar-refractivity contribution in [3.8, 4) is 0 Å². The molecule has 0 unspecified atom stereocenters. The summed E-state index contributed by atoms with van der Waals surface area (Å²) < 4.78 is 0. The van der Waals surface area contributed by atoms with Crippen LogP contribution in [0.5, 0.6) is 0 Å². The van der Waals surface area contributed by atoms with E-state index in [-0.39, 0.29) is 11.9 Å². The van der Waals surface area contributed by atoms with Crippen LogP contribution in [-0.4, -0.2) is 11.7 Å². The van der Waals surface area contributed by atoms with Crippen molar-refractivity contribution >= 4 is 17.7 Å². The standard InChI is InChI=1S/C17H19NOS/c1-14(16-10-6-3-7-11-16)18-17(19)13-20-12-15-8-4-2-5-9-15/h2-11,14H,12-13H2,1H3,(H,18,19)/t14-/m1/s1. The normalized spacial score (nSPS) is 11.8. The van der Waals surface area contributed by atoms with Gasteiger partial charge < -0.3 is 5.32 Å². The Labute approximate surface area is 124 Å². The van der Waals surface area contributed by atoms with Crippen LogP contribution in [0.15, 0.2) is 60.7 Å². The maximum atomic E-state index is 11.9. The van der Waals surface area contributed by atoms with E-state index in [0.717, 1.165) is 11.3 Å². The van der Waals surface area contributed by atoms with Crippen LogP contribution < -0.4 is 5.32 Å². The molecular formula is C17H19NOS. The number of hydrogen-bond acceptors (Lipinski definition) is 2. The van der Waals surface area contributed by atoms with Crippen molar-refractivity contribution in [2.45, 2.75) is 18.7 Å². The molecule has 1 amide bonds. The smallest absolute Gasteiger partial charge is 0.230 e. The van der Waals surface area contributed by atoms with E-state index in [4.69, 9.17) is 0 Å². The summed E-state index contributed by atoms with van der Waals surface area (Å²) in [5.74, 6) is 1.45. The number of benzene rings is 2. The Bertz CT molecular complexity index is 527. The van der Waals surface area contributed by atoms with Crippen molar-refractivity contribution in [2.24, 2.45) is 0 Å². The van der Waals surface area contributed by atoms with Gasteiger partial charge in [-0.25, -0.2) is 0 Å². The van der Waals surface area contributed by atoms with Crippen molar-refractivity contribution < 1.29 is 4.79 Å². The van der Waals surface area contributed by atoms with Gasteiger partial charge in [-0.3, -0.25) is 4.79 Å². The molecule has 0 aliphatic rings. The lowest BCUT2D eigenvalue weighted by Gasteiger charge is -2.14. The second-order valence-corrected chi connectivity index (χ2v) is 5.66. The first-order chi connectivity index (χ1) is 9.75. The Morgan fingerprint density at radius 2 is 1.65 bits per heavy atom. The number of thioether (sulfide) groups is 1. The zero-order valence-electron chi connectivity index (χ0n) is 11.6. The highest BCUT2D eigenvalue weighted by molar-refractivity contribution is 7.99. The van der Waals surface area contributed by atoms with Gasteiger partial charge in [0.15, 0.2) is 0 Å². The summed E-state index contributed by atoms with van der Waals surface area (Å²) in [6, 6.07) is 20.3. The molecule has 1 N–H and O–H groups in total. The molecule has 1 atom stereocenters. The Hall–Kier alpha value is -1.74. The van der Waals surface area contributed by atoms with Crippen molar-refractivity contribution in [3.05, 3.63) is 71.8 Å². The molecule has 0 saturated carbocycles. The van der Waals surface area contributed by atoms with E-state index in [1.807, 2.05) is 55.5 Å². The van der Waals surface area contributed by atoms with Gasteiger partial charge in [-0.1, -0.05) is 60.7 Å². The van der Waals surface area contributed by atoms with Gasteiger partial charge in [0, 0.05) is 5.75 Å². The predicted molar refractivity (Wildman–Crippen MR) is 85.6 cm³/mol. The van der Waals surface area contributed by atoms with Gasteiger partial charge in [0.1, 0.15) is 0 Å². The molecule has 0 bridgehead atoms. The number of rotatable bonds is 6. The summed E-state index contributed by atoms with van der Waals surface area (Å²) in [4.78, 5) is 11.9. The van der Waals surface area contributed by atoms with E-state index in [9.17, 15) is 4.79 Å². The number of carbonyl (C=O) groups excluding carboxylic acids is 1. The van der Waals surface area contributed by atoms with E-state index in [1.165, 1.54) is 5.56 Å². The van der Waals surface area contributed by atoms with Crippen LogP contribution in [0.25, 0.3) is 0 Å². The topological polar surface area (TPSA) is 29.1 Å². The molecular weight excluding hydrogens is 266 g/mol. The van der Waals surface area contributed by atoms with Crippen LogP contribution in [0.3, 0.4) is 0 Å². The molecule has 2 aromatic carbocycles. The fourth-order valence-corrected chi connectivity index (χ4v) is 2.74. The number of amides is 1. The first kappa shape index (κ1) is 14.7. The van der Waals surface area contributed by atoms with E-state index < -0.39 is 0 Å². The SMILES string of the molecule is C[C@@H](NC(=O)CSCc1ccccc1)c1ccccc1. The number of carbonyl (C=O) groups is 1. The molecule has 0 heterocycles. The van der Waals surface area contributed by atoms with Crippen molar-refractivity contribution in [1.82, 2.24) is 5.32 Å². The van der Waals surface area contributed by atoms with E-state index in [0.29, 0.717) is 5.75 Å². The van der Waals surface area contributed by atoms with Gasteiger partial charge in [-0.2, -0.15) is 0 Å². The molecule has 20 heavy (non-hydrogen) atoms. The highest BCUT2D eigenvalue weighted by atomic mass is 32.2. The molecule has 0 aliphatic heterocycles. The average molecular weight is 285 g/mol. The number of nitrogens with one attached hydrogen (secondary N) is 1. The molecule has 2 aromatic rings. The monoisotopic (exact) mass is 285 g/mol. The first-order valence-corrected chi connectivity index (χ1v) is 7.87. The van der Waals surface area contributed by atoms with E-state index in [1.54, 1.807) is 11.8 Å².